The summed E-state index contributed by atoms with van der Waals surface area (Å²) >= 11 is 0. The number of piperidine rings is 1. The molecule has 2 aromatic heterocycles. The highest BCUT2D eigenvalue weighted by atomic mass is 19.1. The van der Waals surface area contributed by atoms with E-state index in [4.69, 9.17) is 0 Å². The average Bonchev–Trinajstić information content (AvgIpc) is 3.24. The van der Waals surface area contributed by atoms with Gasteiger partial charge in [-0.3, -0.25) is 10.1 Å². The van der Waals surface area contributed by atoms with E-state index in [-0.39, 0.29) is 23.6 Å². The van der Waals surface area contributed by atoms with Gasteiger partial charge in [-0.25, -0.2) is 19.3 Å². The van der Waals surface area contributed by atoms with Crippen molar-refractivity contribution in [3.05, 3.63) is 72.3 Å². The number of carbonyl (C=O) groups is 1. The largest absolute Gasteiger partial charge is 0.326 e. The van der Waals surface area contributed by atoms with Gasteiger partial charge in [-0.2, -0.15) is 0 Å². The Hall–Kier alpha value is -3.13. The third-order valence-electron chi connectivity index (χ3n) is 5.58. The van der Waals surface area contributed by atoms with Gasteiger partial charge in [-0.05, 0) is 37.2 Å². The van der Waals surface area contributed by atoms with Gasteiger partial charge < -0.3 is 9.47 Å². The average molecular weight is 394 g/mol. The van der Waals surface area contributed by atoms with Gasteiger partial charge in [0.2, 0.25) is 11.9 Å². The molecule has 2 unspecified atom stereocenters. The van der Waals surface area contributed by atoms with Crippen molar-refractivity contribution < 1.29 is 9.18 Å². The highest BCUT2D eigenvalue weighted by Crippen LogP contribution is 2.45. The molecule has 150 valence electrons. The highest BCUT2D eigenvalue weighted by Gasteiger charge is 2.46. The molecule has 0 aliphatic carbocycles. The molecule has 1 amide bonds. The Labute approximate surface area is 168 Å². The van der Waals surface area contributed by atoms with E-state index in [1.807, 2.05) is 24.4 Å². The van der Waals surface area contributed by atoms with Crippen LogP contribution in [-0.4, -0.2) is 50.5 Å². The number of anilines is 1. The molecule has 0 bridgehead atoms. The minimum absolute atomic E-state index is 0.0589. The van der Waals surface area contributed by atoms with Crippen molar-refractivity contribution in [1.82, 2.24) is 24.4 Å². The van der Waals surface area contributed by atoms with Crippen LogP contribution in [0.2, 0.25) is 0 Å². The number of imidazole rings is 1. The quantitative estimate of drug-likeness (QED) is 0.736. The maximum atomic E-state index is 13.7. The Morgan fingerprint density at radius 3 is 2.72 bits per heavy atom. The van der Waals surface area contributed by atoms with Crippen molar-refractivity contribution in [3.8, 4) is 0 Å². The number of nitrogens with one attached hydrogen (secondary N) is 1. The van der Waals surface area contributed by atoms with Crippen LogP contribution < -0.4 is 5.32 Å². The van der Waals surface area contributed by atoms with Crippen LogP contribution in [0.15, 0.2) is 55.2 Å². The summed E-state index contributed by atoms with van der Waals surface area (Å²) in [6.45, 7) is 3.04. The summed E-state index contributed by atoms with van der Waals surface area (Å²) in [5.74, 6) is -0.269. The Morgan fingerprint density at radius 1 is 1.24 bits per heavy atom. The number of hydrogen-bond acceptors (Lipinski definition) is 5. The van der Waals surface area contributed by atoms with E-state index in [1.165, 1.54) is 19.1 Å². The molecule has 4 rings (SSSR count). The molecule has 1 N–H and O–H groups in total. The Bertz CT molecular complexity index is 991. The number of hydrogen-bond donors (Lipinski definition) is 1. The van der Waals surface area contributed by atoms with Crippen LogP contribution in [-0.2, 0) is 10.3 Å². The van der Waals surface area contributed by atoms with Gasteiger partial charge in [-0.15, -0.1) is 0 Å². The van der Waals surface area contributed by atoms with Gasteiger partial charge >= 0.3 is 0 Å². The van der Waals surface area contributed by atoms with Gasteiger partial charge in [0.15, 0.2) is 0 Å². The van der Waals surface area contributed by atoms with Crippen LogP contribution in [0.25, 0.3) is 0 Å². The minimum Gasteiger partial charge on any atom is -0.326 e. The first-order valence-electron chi connectivity index (χ1n) is 9.52. The molecule has 8 heteroatoms. The van der Waals surface area contributed by atoms with Crippen molar-refractivity contribution in [2.45, 2.75) is 24.8 Å². The van der Waals surface area contributed by atoms with Crippen LogP contribution in [0.1, 0.15) is 30.5 Å². The Balaban J connectivity index is 1.88. The second-order valence-corrected chi connectivity index (χ2v) is 7.45. The van der Waals surface area contributed by atoms with Crippen LogP contribution in [0, 0.1) is 5.82 Å². The Kier molecular flexibility index (Phi) is 5.10. The zero-order chi connectivity index (χ0) is 20.4. The molecule has 0 saturated carbocycles. The lowest BCUT2D eigenvalue weighted by Gasteiger charge is -2.48. The van der Waals surface area contributed by atoms with Crippen molar-refractivity contribution in [2.24, 2.45) is 0 Å². The zero-order valence-corrected chi connectivity index (χ0v) is 16.4. The van der Waals surface area contributed by atoms with E-state index in [9.17, 15) is 9.18 Å². The monoisotopic (exact) mass is 394 g/mol. The first kappa shape index (κ1) is 19.2. The summed E-state index contributed by atoms with van der Waals surface area (Å²) in [5.41, 5.74) is 1.32. The van der Waals surface area contributed by atoms with Gasteiger partial charge in [-0.1, -0.05) is 12.1 Å². The first-order chi connectivity index (χ1) is 14.0. The third-order valence-corrected chi connectivity index (χ3v) is 5.58. The smallest absolute Gasteiger partial charge is 0.229 e. The van der Waals surface area contributed by atoms with Crippen LogP contribution in [0.4, 0.5) is 10.3 Å². The molecule has 1 aliphatic rings. The normalized spacial score (nSPS) is 22.4. The molecular weight excluding hydrogens is 371 g/mol. The van der Waals surface area contributed by atoms with E-state index in [2.05, 4.69) is 36.8 Å². The molecule has 2 atom stereocenters. The molecule has 7 nitrogen and oxygen atoms in total. The first-order valence-corrected chi connectivity index (χ1v) is 9.52. The predicted octanol–water partition coefficient (Wildman–Crippen LogP) is 2.63. The molecular formula is C21H23FN6O. The number of rotatable bonds is 4. The number of carbonyl (C=O) groups excluding carboxylic acids is 1. The number of likely N-dealkylation sites (N-methyl/N-ethyl adjacent to an activating group) is 1. The topological polar surface area (TPSA) is 75.9 Å². The molecule has 3 heterocycles. The summed E-state index contributed by atoms with van der Waals surface area (Å²) in [7, 11) is 2.07. The fourth-order valence-electron chi connectivity index (χ4n) is 4.25. The lowest BCUT2D eigenvalue weighted by atomic mass is 9.71. The van der Waals surface area contributed by atoms with Crippen molar-refractivity contribution in [3.63, 3.8) is 0 Å². The fraction of sp³-hybridized carbons (Fsp3) is 0.333. The summed E-state index contributed by atoms with van der Waals surface area (Å²) in [6.07, 6.45) is 7.96. The van der Waals surface area contributed by atoms with Crippen LogP contribution >= 0.6 is 0 Å². The number of halogens is 1. The summed E-state index contributed by atoms with van der Waals surface area (Å²) in [5, 5.41) is 2.66. The second-order valence-electron chi connectivity index (χ2n) is 7.45. The van der Waals surface area contributed by atoms with Crippen LogP contribution in [0.3, 0.4) is 0 Å². The standard InChI is InChI=1S/C21H23FN6O/c1-15(29)25-20-24-9-7-19(26-20)18-13-27(2)11-8-21(18,28-12-10-23-14-28)16-3-5-17(22)6-4-16/h3-7,9-10,12,14,18H,8,11,13H2,1-2H3,(H,24,25,26,29). The molecule has 1 fully saturated rings. The molecule has 1 saturated heterocycles. The lowest BCUT2D eigenvalue weighted by Crippen LogP contribution is -2.51. The molecule has 1 aliphatic heterocycles. The number of likely N-dealkylation sites (tertiary alicyclic amines) is 1. The molecule has 3 aromatic rings. The number of amides is 1. The van der Waals surface area contributed by atoms with Crippen molar-refractivity contribution >= 4 is 11.9 Å². The molecule has 0 spiro atoms. The number of benzene rings is 1. The van der Waals surface area contributed by atoms with Crippen molar-refractivity contribution in [1.29, 1.82) is 0 Å². The lowest BCUT2D eigenvalue weighted by molar-refractivity contribution is -0.114. The van der Waals surface area contributed by atoms with E-state index in [0.29, 0.717) is 0 Å². The Morgan fingerprint density at radius 2 is 2.03 bits per heavy atom. The number of nitrogens with zero attached hydrogens (tertiary/aromatic N) is 5. The molecule has 29 heavy (non-hydrogen) atoms. The van der Waals surface area contributed by atoms with E-state index >= 15 is 0 Å². The fourth-order valence-corrected chi connectivity index (χ4v) is 4.25. The maximum Gasteiger partial charge on any atom is 0.229 e. The minimum atomic E-state index is -0.488. The van der Waals surface area contributed by atoms with Gasteiger partial charge in [0.05, 0.1) is 17.6 Å². The van der Waals surface area contributed by atoms with Crippen LogP contribution in [0.5, 0.6) is 0 Å². The van der Waals surface area contributed by atoms with E-state index in [1.54, 1.807) is 18.7 Å². The van der Waals surface area contributed by atoms with Crippen molar-refractivity contribution in [2.75, 3.05) is 25.5 Å². The summed E-state index contributed by atoms with van der Waals surface area (Å²) in [4.78, 5) is 26.8. The van der Waals surface area contributed by atoms with Gasteiger partial charge in [0.1, 0.15) is 5.82 Å². The SMILES string of the molecule is CC(=O)Nc1nccc(C2CN(C)CCC2(c2ccc(F)cc2)n2ccnc2)n1. The summed E-state index contributed by atoms with van der Waals surface area (Å²) < 4.78 is 15.8. The van der Waals surface area contributed by atoms with Gasteiger partial charge in [0.25, 0.3) is 0 Å². The molecule has 1 aromatic carbocycles. The van der Waals surface area contributed by atoms with E-state index in [0.717, 1.165) is 30.8 Å². The number of aromatic nitrogens is 4. The summed E-state index contributed by atoms with van der Waals surface area (Å²) in [6, 6.07) is 8.54. The highest BCUT2D eigenvalue weighted by molar-refractivity contribution is 5.86. The predicted molar refractivity (Wildman–Crippen MR) is 107 cm³/mol. The van der Waals surface area contributed by atoms with Gasteiger partial charge in [0, 0.05) is 44.5 Å². The zero-order valence-electron chi connectivity index (χ0n) is 16.4. The molecule has 0 radical (unpaired) electrons. The van der Waals surface area contributed by atoms with E-state index < -0.39 is 5.54 Å². The third kappa shape index (κ3) is 3.63. The second kappa shape index (κ2) is 7.71. The maximum absolute atomic E-state index is 13.7.